The second kappa shape index (κ2) is 9.32. The molecule has 3 aromatic carbocycles. The van der Waals surface area contributed by atoms with Gasteiger partial charge in [0, 0.05) is 12.1 Å². The number of benzene rings is 3. The van der Waals surface area contributed by atoms with Crippen molar-refractivity contribution in [2.75, 3.05) is 6.61 Å². The van der Waals surface area contributed by atoms with Crippen LogP contribution >= 0.6 is 0 Å². The Balaban J connectivity index is 1.46. The van der Waals surface area contributed by atoms with E-state index >= 15 is 0 Å². The van der Waals surface area contributed by atoms with Gasteiger partial charge in [0.2, 0.25) is 0 Å². The summed E-state index contributed by atoms with van der Waals surface area (Å²) < 4.78 is 24.1. The number of carbonyl (C=O) groups excluding carboxylic acids is 2. The molecule has 5 nitrogen and oxygen atoms in total. The number of amides is 1. The third-order valence-electron chi connectivity index (χ3n) is 3.84. The van der Waals surface area contributed by atoms with Gasteiger partial charge in [0.05, 0.1) is 5.56 Å². The minimum atomic E-state index is -0.632. The Bertz CT molecular complexity index is 942. The normalized spacial score (nSPS) is 10.2. The van der Waals surface area contributed by atoms with E-state index in [2.05, 4.69) is 5.32 Å². The van der Waals surface area contributed by atoms with Crippen LogP contribution in [0.25, 0.3) is 0 Å². The van der Waals surface area contributed by atoms with Crippen molar-refractivity contribution in [1.82, 2.24) is 5.32 Å². The minimum absolute atomic E-state index is 0.0224. The average molecular weight is 379 g/mol. The van der Waals surface area contributed by atoms with Gasteiger partial charge in [-0.05, 0) is 42.5 Å². The van der Waals surface area contributed by atoms with Crippen molar-refractivity contribution in [3.05, 3.63) is 95.8 Å². The van der Waals surface area contributed by atoms with Crippen LogP contribution in [0.1, 0.15) is 15.9 Å². The molecule has 0 fully saturated rings. The maximum Gasteiger partial charge on any atom is 0.338 e. The van der Waals surface area contributed by atoms with Crippen molar-refractivity contribution in [2.45, 2.75) is 6.54 Å². The zero-order valence-electron chi connectivity index (χ0n) is 14.9. The highest BCUT2D eigenvalue weighted by Gasteiger charge is 2.11. The fourth-order valence-corrected chi connectivity index (χ4v) is 2.38. The van der Waals surface area contributed by atoms with Gasteiger partial charge in [0.1, 0.15) is 17.3 Å². The molecule has 0 aromatic heterocycles. The number of carbonyl (C=O) groups is 2. The molecule has 0 saturated heterocycles. The highest BCUT2D eigenvalue weighted by molar-refractivity contribution is 5.91. The van der Waals surface area contributed by atoms with Crippen LogP contribution in [0.2, 0.25) is 0 Å². The molecule has 0 aliphatic heterocycles. The predicted octanol–water partition coefficient (Wildman–Crippen LogP) is 4.09. The molecule has 1 amide bonds. The van der Waals surface area contributed by atoms with E-state index in [1.807, 2.05) is 30.3 Å². The Hall–Kier alpha value is -3.67. The summed E-state index contributed by atoms with van der Waals surface area (Å²) >= 11 is 0. The van der Waals surface area contributed by atoms with Crippen LogP contribution in [0.3, 0.4) is 0 Å². The number of ether oxygens (including phenoxy) is 2. The summed E-state index contributed by atoms with van der Waals surface area (Å²) in [5, 5.41) is 2.51. The SMILES string of the molecule is O=C(COC(=O)c1ccc(Oc2ccccc2)cc1)NCc1ccccc1F. The van der Waals surface area contributed by atoms with Gasteiger partial charge in [0.25, 0.3) is 5.91 Å². The minimum Gasteiger partial charge on any atom is -0.457 e. The monoisotopic (exact) mass is 379 g/mol. The van der Waals surface area contributed by atoms with Gasteiger partial charge >= 0.3 is 5.97 Å². The lowest BCUT2D eigenvalue weighted by molar-refractivity contribution is -0.124. The number of rotatable bonds is 7. The first-order valence-corrected chi connectivity index (χ1v) is 8.62. The molecule has 3 aromatic rings. The van der Waals surface area contributed by atoms with Crippen molar-refractivity contribution >= 4 is 11.9 Å². The Morgan fingerprint density at radius 1 is 0.821 bits per heavy atom. The molecular weight excluding hydrogens is 361 g/mol. The Morgan fingerprint density at radius 3 is 2.18 bits per heavy atom. The van der Waals surface area contributed by atoms with Gasteiger partial charge < -0.3 is 14.8 Å². The topological polar surface area (TPSA) is 64.6 Å². The van der Waals surface area contributed by atoms with Gasteiger partial charge in [-0.2, -0.15) is 0 Å². The van der Waals surface area contributed by atoms with E-state index in [1.54, 1.807) is 42.5 Å². The molecule has 0 aliphatic rings. The third kappa shape index (κ3) is 5.41. The van der Waals surface area contributed by atoms with Gasteiger partial charge in [-0.3, -0.25) is 4.79 Å². The summed E-state index contributed by atoms with van der Waals surface area (Å²) in [7, 11) is 0. The van der Waals surface area contributed by atoms with Gasteiger partial charge in [-0.25, -0.2) is 9.18 Å². The van der Waals surface area contributed by atoms with Gasteiger partial charge in [-0.15, -0.1) is 0 Å². The maximum absolute atomic E-state index is 13.5. The molecule has 0 radical (unpaired) electrons. The van der Waals surface area contributed by atoms with E-state index < -0.39 is 24.3 Å². The lowest BCUT2D eigenvalue weighted by atomic mass is 10.2. The van der Waals surface area contributed by atoms with E-state index in [0.717, 1.165) is 0 Å². The van der Waals surface area contributed by atoms with Crippen molar-refractivity contribution < 1.29 is 23.5 Å². The first-order chi connectivity index (χ1) is 13.6. The van der Waals surface area contributed by atoms with Crippen molar-refractivity contribution in [1.29, 1.82) is 0 Å². The zero-order valence-corrected chi connectivity index (χ0v) is 14.9. The van der Waals surface area contributed by atoms with E-state index in [0.29, 0.717) is 22.6 Å². The highest BCUT2D eigenvalue weighted by atomic mass is 19.1. The number of hydrogen-bond donors (Lipinski definition) is 1. The van der Waals surface area contributed by atoms with Gasteiger partial charge in [0.15, 0.2) is 6.61 Å². The predicted molar refractivity (Wildman–Crippen MR) is 101 cm³/mol. The molecule has 0 saturated carbocycles. The standard InChI is InChI=1S/C22H18FNO4/c23-20-9-5-4-6-17(20)14-24-21(25)15-27-22(26)16-10-12-19(13-11-16)28-18-7-2-1-3-8-18/h1-13H,14-15H2,(H,24,25). The smallest absolute Gasteiger partial charge is 0.338 e. The van der Waals surface area contributed by atoms with Gasteiger partial charge in [-0.1, -0.05) is 36.4 Å². The van der Waals surface area contributed by atoms with Crippen molar-refractivity contribution in [3.63, 3.8) is 0 Å². The summed E-state index contributed by atoms with van der Waals surface area (Å²) in [4.78, 5) is 23.8. The first kappa shape index (κ1) is 19.1. The molecule has 1 N–H and O–H groups in total. The number of esters is 1. The Morgan fingerprint density at radius 2 is 1.46 bits per heavy atom. The van der Waals surface area contributed by atoms with Crippen LogP contribution in [0.5, 0.6) is 11.5 Å². The second-order valence-electron chi connectivity index (χ2n) is 5.88. The first-order valence-electron chi connectivity index (χ1n) is 8.62. The summed E-state index contributed by atoms with van der Waals surface area (Å²) in [5.41, 5.74) is 0.651. The highest BCUT2D eigenvalue weighted by Crippen LogP contribution is 2.21. The summed E-state index contributed by atoms with van der Waals surface area (Å²) in [6.45, 7) is -0.426. The number of halogens is 1. The Labute approximate surface area is 161 Å². The van der Waals surface area contributed by atoms with Crippen LogP contribution in [-0.4, -0.2) is 18.5 Å². The lowest BCUT2D eigenvalue weighted by Crippen LogP contribution is -2.28. The average Bonchev–Trinajstić information content (AvgIpc) is 2.73. The van der Waals surface area contributed by atoms with Crippen LogP contribution < -0.4 is 10.1 Å². The fourth-order valence-electron chi connectivity index (χ4n) is 2.38. The third-order valence-corrected chi connectivity index (χ3v) is 3.84. The van der Waals surface area contributed by atoms with Crippen LogP contribution in [-0.2, 0) is 16.1 Å². The summed E-state index contributed by atoms with van der Waals surface area (Å²) in [5.74, 6) is -0.291. The molecule has 0 unspecified atom stereocenters. The van der Waals surface area contributed by atoms with Crippen LogP contribution in [0, 0.1) is 5.82 Å². The van der Waals surface area contributed by atoms with E-state index in [9.17, 15) is 14.0 Å². The maximum atomic E-state index is 13.5. The van der Waals surface area contributed by atoms with E-state index in [1.165, 1.54) is 6.07 Å². The second-order valence-corrected chi connectivity index (χ2v) is 5.88. The number of hydrogen-bond acceptors (Lipinski definition) is 4. The quantitative estimate of drug-likeness (QED) is 0.628. The molecule has 6 heteroatoms. The van der Waals surface area contributed by atoms with Crippen LogP contribution in [0.4, 0.5) is 4.39 Å². The van der Waals surface area contributed by atoms with Crippen molar-refractivity contribution in [3.8, 4) is 11.5 Å². The summed E-state index contributed by atoms with van der Waals surface area (Å²) in [6.07, 6.45) is 0. The molecule has 28 heavy (non-hydrogen) atoms. The molecule has 142 valence electrons. The fraction of sp³-hybridized carbons (Fsp3) is 0.0909. The largest absolute Gasteiger partial charge is 0.457 e. The molecule has 0 atom stereocenters. The number of nitrogens with one attached hydrogen (secondary N) is 1. The molecule has 0 bridgehead atoms. The molecule has 0 spiro atoms. The molecule has 0 aliphatic carbocycles. The molecular formula is C22H18FNO4. The van der Waals surface area contributed by atoms with E-state index in [4.69, 9.17) is 9.47 Å². The molecule has 3 rings (SSSR count). The summed E-state index contributed by atoms with van der Waals surface area (Å²) in [6, 6.07) is 21.8. The van der Waals surface area contributed by atoms with Crippen LogP contribution in [0.15, 0.2) is 78.9 Å². The van der Waals surface area contributed by atoms with E-state index in [-0.39, 0.29) is 6.54 Å². The lowest BCUT2D eigenvalue weighted by Gasteiger charge is -2.08. The van der Waals surface area contributed by atoms with Crippen molar-refractivity contribution in [2.24, 2.45) is 0 Å². The number of para-hydroxylation sites is 1. The molecule has 0 heterocycles. The Kier molecular flexibility index (Phi) is 6.36. The zero-order chi connectivity index (χ0) is 19.8.